The molecule has 0 saturated heterocycles. The van der Waals surface area contributed by atoms with E-state index in [1.807, 2.05) is 0 Å². The Balaban J connectivity index is 0.000000364. The van der Waals surface area contributed by atoms with E-state index >= 15 is 0 Å². The molecule has 0 aromatic rings. The van der Waals surface area contributed by atoms with E-state index in [4.69, 9.17) is 11.5 Å². The monoisotopic (exact) mass is 376 g/mol. The van der Waals surface area contributed by atoms with E-state index in [0.717, 1.165) is 37.1 Å². The minimum atomic E-state index is 0. The Morgan fingerprint density at radius 2 is 1.00 bits per heavy atom. The summed E-state index contributed by atoms with van der Waals surface area (Å²) in [6, 6.07) is 0. The van der Waals surface area contributed by atoms with Crippen molar-refractivity contribution in [3.63, 3.8) is 0 Å². The van der Waals surface area contributed by atoms with Gasteiger partial charge in [0.2, 0.25) is 0 Å². The topological polar surface area (TPSA) is 101 Å². The van der Waals surface area contributed by atoms with Gasteiger partial charge in [0.05, 0.1) is 0 Å². The van der Waals surface area contributed by atoms with Crippen molar-refractivity contribution in [1.29, 1.82) is 0 Å². The van der Waals surface area contributed by atoms with Crippen LogP contribution in [-0.4, -0.2) is 21.8 Å². The molecule has 0 radical (unpaired) electrons. The largest absolute Gasteiger partial charge is 2.00 e. The van der Waals surface area contributed by atoms with Gasteiger partial charge in [-0.2, -0.15) is 20.4 Å². The summed E-state index contributed by atoms with van der Waals surface area (Å²) in [4.78, 5) is 0. The second-order valence-electron chi connectivity index (χ2n) is 4.62. The summed E-state index contributed by atoms with van der Waals surface area (Å²) in [6.45, 7) is 0. The van der Waals surface area contributed by atoms with Crippen molar-refractivity contribution in [3.8, 4) is 0 Å². The fraction of sp³-hybridized carbons (Fsp3) is 0.667. The molecule has 6 nitrogen and oxygen atoms in total. The molecule has 0 spiro atoms. The summed E-state index contributed by atoms with van der Waals surface area (Å²) >= 11 is 9.07. The molecule has 2 rings (SSSR count). The van der Waals surface area contributed by atoms with Crippen molar-refractivity contribution >= 4 is 47.0 Å². The van der Waals surface area contributed by atoms with E-state index in [9.17, 15) is 0 Å². The normalized spacial score (nSPS) is 18.7. The first-order valence-corrected chi connectivity index (χ1v) is 7.51. The molecule has 2 aliphatic carbocycles. The van der Waals surface area contributed by atoms with Crippen LogP contribution < -0.4 is 11.5 Å². The predicted molar refractivity (Wildman–Crippen MR) is 89.8 cm³/mol. The van der Waals surface area contributed by atoms with Crippen molar-refractivity contribution in [2.75, 3.05) is 0 Å². The van der Waals surface area contributed by atoms with Crippen molar-refractivity contribution in [3.05, 3.63) is 0 Å². The van der Waals surface area contributed by atoms with Gasteiger partial charge < -0.3 is 36.7 Å². The molecule has 0 bridgehead atoms. The summed E-state index contributed by atoms with van der Waals surface area (Å²) in [7, 11) is 0. The Morgan fingerprint density at radius 1 is 0.714 bits per heavy atom. The van der Waals surface area contributed by atoms with Crippen LogP contribution in [0.25, 0.3) is 0 Å². The Morgan fingerprint density at radius 3 is 1.24 bits per heavy atom. The molecule has 0 unspecified atom stereocenters. The molecule has 0 aromatic carbocycles. The molecule has 21 heavy (non-hydrogen) atoms. The van der Waals surface area contributed by atoms with Gasteiger partial charge in [-0.1, -0.05) is 0 Å². The Kier molecular flexibility index (Phi) is 11.6. The minimum absolute atomic E-state index is 0. The third-order valence-corrected chi connectivity index (χ3v) is 3.10. The number of amidine groups is 2. The summed E-state index contributed by atoms with van der Waals surface area (Å²) in [5, 5.41) is 15.3. The van der Waals surface area contributed by atoms with E-state index in [0.29, 0.717) is 0 Å². The van der Waals surface area contributed by atoms with Gasteiger partial charge in [0.1, 0.15) is 0 Å². The van der Waals surface area contributed by atoms with Crippen molar-refractivity contribution in [2.45, 2.75) is 51.4 Å². The van der Waals surface area contributed by atoms with Crippen LogP contribution in [0, 0.1) is 0 Å². The first-order chi connectivity index (χ1) is 9.58. The van der Waals surface area contributed by atoms with Gasteiger partial charge in [0.25, 0.3) is 0 Å². The number of hydrogen-bond acceptors (Lipinski definition) is 6. The molecule has 2 fully saturated rings. The van der Waals surface area contributed by atoms with Crippen molar-refractivity contribution in [1.82, 2.24) is 0 Å². The van der Waals surface area contributed by atoms with Gasteiger partial charge in [0, 0.05) is 11.4 Å². The second kappa shape index (κ2) is 11.9. The predicted octanol–water partition coefficient (Wildman–Crippen LogP) is 1.55. The van der Waals surface area contributed by atoms with Crippen LogP contribution in [0.2, 0.25) is 0 Å². The quantitative estimate of drug-likeness (QED) is 0.250. The molecule has 0 aliphatic heterocycles. The number of nitrogens with zero attached hydrogens (tertiary/aromatic N) is 4. The first-order valence-electron chi connectivity index (χ1n) is 6.69. The maximum Gasteiger partial charge on any atom is 2.00 e. The van der Waals surface area contributed by atoms with E-state index < -0.39 is 0 Å². The maximum atomic E-state index is 5.13. The van der Waals surface area contributed by atoms with Gasteiger partial charge >= 0.3 is 19.5 Å². The molecule has 0 aromatic heterocycles. The fourth-order valence-electron chi connectivity index (χ4n) is 2.01. The van der Waals surface area contributed by atoms with Crippen LogP contribution in [0.15, 0.2) is 20.4 Å². The zero-order chi connectivity index (χ0) is 14.8. The van der Waals surface area contributed by atoms with Gasteiger partial charge in [0.15, 0.2) is 0 Å². The van der Waals surface area contributed by atoms with E-state index in [1.54, 1.807) is 0 Å². The summed E-state index contributed by atoms with van der Waals surface area (Å²) in [5.41, 5.74) is 12.5. The molecular formula is C12H20N6S2Zn. The molecular weight excluding hydrogens is 358 g/mol. The Bertz CT molecular complexity index is 369. The SMILES string of the molecule is N/C([S-])=N/N=C1CCCC1.N/C([S-])=N/N=C1CCCC1.[Zn+2]. The van der Waals surface area contributed by atoms with Gasteiger partial charge in [-0.05, 0) is 61.7 Å². The molecule has 0 atom stereocenters. The molecule has 2 saturated carbocycles. The van der Waals surface area contributed by atoms with Gasteiger partial charge in [-0.3, -0.25) is 0 Å². The Hall–Kier alpha value is -0.657. The molecule has 4 N–H and O–H groups in total. The first kappa shape index (κ1) is 20.3. The molecule has 9 heteroatoms. The van der Waals surface area contributed by atoms with E-state index in [1.165, 1.54) is 25.7 Å². The van der Waals surface area contributed by atoms with Crippen molar-refractivity contribution < 1.29 is 19.5 Å². The van der Waals surface area contributed by atoms with E-state index in [-0.39, 0.29) is 29.8 Å². The third kappa shape index (κ3) is 10.7. The minimum Gasteiger partial charge on any atom is -0.741 e. The third-order valence-electron chi connectivity index (χ3n) is 2.94. The van der Waals surface area contributed by atoms with E-state index in [2.05, 4.69) is 45.7 Å². The summed E-state index contributed by atoms with van der Waals surface area (Å²) in [5.74, 6) is 0. The summed E-state index contributed by atoms with van der Waals surface area (Å²) in [6.07, 6.45) is 9.16. The van der Waals surface area contributed by atoms with Crippen LogP contribution in [0.1, 0.15) is 51.4 Å². The standard InChI is InChI=1S/2C6H11N3S.Zn/c2*7-6(10)9-8-5-3-1-2-4-5;/h2*1-4H2,(H3,7,9,10);/q;;+2/p-2. The van der Waals surface area contributed by atoms with Crippen LogP contribution in [0.3, 0.4) is 0 Å². The molecule has 0 heterocycles. The number of rotatable bonds is 2. The smallest absolute Gasteiger partial charge is 0.741 e. The average Bonchev–Trinajstić information content (AvgIpc) is 3.08. The van der Waals surface area contributed by atoms with Crippen LogP contribution >= 0.6 is 0 Å². The molecule has 0 amide bonds. The number of hydrogen-bond donors (Lipinski definition) is 2. The van der Waals surface area contributed by atoms with Crippen LogP contribution in [-0.2, 0) is 44.7 Å². The van der Waals surface area contributed by atoms with Crippen LogP contribution in [0.5, 0.6) is 0 Å². The van der Waals surface area contributed by atoms with Crippen molar-refractivity contribution in [2.24, 2.45) is 31.9 Å². The zero-order valence-corrected chi connectivity index (χ0v) is 16.7. The Labute approximate surface area is 149 Å². The second-order valence-corrected chi connectivity index (χ2v) is 5.46. The van der Waals surface area contributed by atoms with Gasteiger partial charge in [-0.25, -0.2) is 0 Å². The fourth-order valence-corrected chi connectivity index (χ4v) is 2.09. The van der Waals surface area contributed by atoms with Gasteiger partial charge in [-0.15, -0.1) is 0 Å². The summed E-state index contributed by atoms with van der Waals surface area (Å²) < 4.78 is 0. The molecule has 2 aliphatic rings. The number of nitrogens with two attached hydrogens (primary N) is 2. The van der Waals surface area contributed by atoms with Crippen LogP contribution in [0.4, 0.5) is 0 Å². The average molecular weight is 378 g/mol. The zero-order valence-electron chi connectivity index (χ0n) is 12.1. The molecule has 112 valence electrons. The maximum absolute atomic E-state index is 5.13.